The molecular formula is C18H15F2N3OS. The summed E-state index contributed by atoms with van der Waals surface area (Å²) >= 11 is 1.25. The topological polar surface area (TPSA) is 46.9 Å². The van der Waals surface area contributed by atoms with E-state index in [4.69, 9.17) is 0 Å². The third-order valence-corrected chi connectivity index (χ3v) is 4.39. The number of hydrogen-bond donors (Lipinski definition) is 1. The van der Waals surface area contributed by atoms with Gasteiger partial charge in [0.1, 0.15) is 11.6 Å². The second kappa shape index (κ2) is 7.48. The van der Waals surface area contributed by atoms with Crippen molar-refractivity contribution in [2.24, 2.45) is 0 Å². The molecule has 4 nitrogen and oxygen atoms in total. The summed E-state index contributed by atoms with van der Waals surface area (Å²) in [6.45, 7) is 4.31. The molecule has 0 saturated heterocycles. The van der Waals surface area contributed by atoms with Gasteiger partial charge in [-0.25, -0.2) is 13.8 Å². The number of anilines is 1. The van der Waals surface area contributed by atoms with Crippen molar-refractivity contribution in [1.82, 2.24) is 9.55 Å². The van der Waals surface area contributed by atoms with Crippen LogP contribution >= 0.6 is 11.8 Å². The molecule has 2 aromatic carbocycles. The fraction of sp³-hybridized carbons (Fsp3) is 0.111. The first-order valence-electron chi connectivity index (χ1n) is 7.51. The molecule has 0 spiro atoms. The van der Waals surface area contributed by atoms with Gasteiger partial charge in [-0.1, -0.05) is 30.0 Å². The van der Waals surface area contributed by atoms with E-state index in [9.17, 15) is 13.6 Å². The van der Waals surface area contributed by atoms with E-state index >= 15 is 0 Å². The number of halogens is 2. The molecule has 0 radical (unpaired) electrons. The number of imidazole rings is 1. The van der Waals surface area contributed by atoms with Gasteiger partial charge in [-0.3, -0.25) is 4.79 Å². The van der Waals surface area contributed by atoms with Crippen LogP contribution in [0.5, 0.6) is 0 Å². The van der Waals surface area contributed by atoms with Crippen molar-refractivity contribution < 1.29 is 13.6 Å². The zero-order valence-electron chi connectivity index (χ0n) is 13.2. The van der Waals surface area contributed by atoms with E-state index in [1.807, 2.05) is 28.8 Å². The number of carbonyl (C=O) groups excluding carboxylic acids is 1. The number of amides is 1. The zero-order valence-corrected chi connectivity index (χ0v) is 14.0. The Bertz CT molecular complexity index is 919. The molecule has 3 rings (SSSR count). The van der Waals surface area contributed by atoms with Crippen LogP contribution in [0.15, 0.2) is 60.3 Å². The molecule has 0 saturated carbocycles. The first kappa shape index (κ1) is 17.2. The van der Waals surface area contributed by atoms with Gasteiger partial charge in [-0.15, -0.1) is 6.58 Å². The minimum absolute atomic E-state index is 0.0681. The maximum atomic E-state index is 13.2. The van der Waals surface area contributed by atoms with Gasteiger partial charge in [-0.05, 0) is 24.3 Å². The first-order chi connectivity index (χ1) is 12.1. The lowest BCUT2D eigenvalue weighted by Gasteiger charge is -2.07. The van der Waals surface area contributed by atoms with Crippen molar-refractivity contribution in [3.63, 3.8) is 0 Å². The standard InChI is InChI=1S/C18H15F2N3OS/c1-2-7-23-16-6-4-3-5-15(16)22-18(23)25-11-17(24)21-14-9-12(19)8-13(20)10-14/h2-6,8-10H,1,7,11H2,(H,21,24). The van der Waals surface area contributed by atoms with Crippen LogP contribution in [0.1, 0.15) is 0 Å². The van der Waals surface area contributed by atoms with Gasteiger partial charge < -0.3 is 9.88 Å². The number of thioether (sulfide) groups is 1. The molecule has 3 aromatic rings. The van der Waals surface area contributed by atoms with Crippen LogP contribution in [0.25, 0.3) is 11.0 Å². The molecule has 0 bridgehead atoms. The van der Waals surface area contributed by atoms with Crippen molar-refractivity contribution in [2.45, 2.75) is 11.7 Å². The van der Waals surface area contributed by atoms with Gasteiger partial charge in [0.2, 0.25) is 5.91 Å². The van der Waals surface area contributed by atoms with Crippen LogP contribution in [0.3, 0.4) is 0 Å². The Morgan fingerprint density at radius 2 is 1.96 bits per heavy atom. The predicted octanol–water partition coefficient (Wildman–Crippen LogP) is 4.23. The van der Waals surface area contributed by atoms with Crippen LogP contribution in [0, 0.1) is 11.6 Å². The van der Waals surface area contributed by atoms with Crippen LogP contribution in [-0.4, -0.2) is 21.2 Å². The highest BCUT2D eigenvalue weighted by Gasteiger charge is 2.12. The highest BCUT2D eigenvalue weighted by atomic mass is 32.2. The number of carbonyl (C=O) groups is 1. The number of para-hydroxylation sites is 2. The van der Waals surface area contributed by atoms with Crippen LogP contribution in [-0.2, 0) is 11.3 Å². The Balaban J connectivity index is 1.72. The molecule has 1 aromatic heterocycles. The number of rotatable bonds is 6. The maximum Gasteiger partial charge on any atom is 0.234 e. The van der Waals surface area contributed by atoms with E-state index in [0.29, 0.717) is 11.7 Å². The fourth-order valence-electron chi connectivity index (χ4n) is 2.42. The summed E-state index contributed by atoms with van der Waals surface area (Å²) in [6, 6.07) is 10.6. The van der Waals surface area contributed by atoms with E-state index in [2.05, 4.69) is 16.9 Å². The summed E-state index contributed by atoms with van der Waals surface area (Å²) in [4.78, 5) is 16.6. The summed E-state index contributed by atoms with van der Waals surface area (Å²) in [5.41, 5.74) is 1.87. The van der Waals surface area contributed by atoms with Crippen molar-refractivity contribution in [3.05, 3.63) is 66.8 Å². The minimum atomic E-state index is -0.740. The van der Waals surface area contributed by atoms with Crippen molar-refractivity contribution in [2.75, 3.05) is 11.1 Å². The molecular weight excluding hydrogens is 344 g/mol. The number of nitrogens with one attached hydrogen (secondary N) is 1. The number of fused-ring (bicyclic) bond motifs is 1. The average Bonchev–Trinajstić information content (AvgIpc) is 2.90. The molecule has 1 amide bonds. The molecule has 128 valence electrons. The Morgan fingerprint density at radius 3 is 2.68 bits per heavy atom. The third kappa shape index (κ3) is 4.06. The number of nitrogens with zero attached hydrogens (tertiary/aromatic N) is 2. The van der Waals surface area contributed by atoms with E-state index in [0.717, 1.165) is 29.2 Å². The smallest absolute Gasteiger partial charge is 0.234 e. The van der Waals surface area contributed by atoms with Crippen LogP contribution in [0.2, 0.25) is 0 Å². The Morgan fingerprint density at radius 1 is 1.24 bits per heavy atom. The largest absolute Gasteiger partial charge is 0.325 e. The average molecular weight is 359 g/mol. The van der Waals surface area contributed by atoms with E-state index in [-0.39, 0.29) is 17.3 Å². The second-order valence-electron chi connectivity index (χ2n) is 5.28. The predicted molar refractivity (Wildman–Crippen MR) is 95.6 cm³/mol. The van der Waals surface area contributed by atoms with Crippen LogP contribution in [0.4, 0.5) is 14.5 Å². The lowest BCUT2D eigenvalue weighted by Crippen LogP contribution is -2.15. The van der Waals surface area contributed by atoms with Crippen molar-refractivity contribution >= 4 is 34.4 Å². The van der Waals surface area contributed by atoms with E-state index in [1.54, 1.807) is 6.08 Å². The van der Waals surface area contributed by atoms with Crippen molar-refractivity contribution in [3.8, 4) is 0 Å². The first-order valence-corrected chi connectivity index (χ1v) is 8.50. The molecule has 7 heteroatoms. The van der Waals surface area contributed by atoms with Gasteiger partial charge in [0, 0.05) is 18.3 Å². The van der Waals surface area contributed by atoms with Crippen LogP contribution < -0.4 is 5.32 Å². The van der Waals surface area contributed by atoms with Gasteiger partial charge in [0.25, 0.3) is 0 Å². The zero-order chi connectivity index (χ0) is 17.8. The molecule has 0 aliphatic carbocycles. The second-order valence-corrected chi connectivity index (χ2v) is 6.22. The summed E-state index contributed by atoms with van der Waals surface area (Å²) < 4.78 is 28.3. The molecule has 0 fully saturated rings. The number of aromatic nitrogens is 2. The Hall–Kier alpha value is -2.67. The quantitative estimate of drug-likeness (QED) is 0.529. The molecule has 0 atom stereocenters. The SMILES string of the molecule is C=CCn1c(SCC(=O)Nc2cc(F)cc(F)c2)nc2ccccc21. The molecule has 0 aliphatic heterocycles. The van der Waals surface area contributed by atoms with E-state index in [1.165, 1.54) is 11.8 Å². The minimum Gasteiger partial charge on any atom is -0.325 e. The monoisotopic (exact) mass is 359 g/mol. The lowest BCUT2D eigenvalue weighted by molar-refractivity contribution is -0.113. The Kier molecular flexibility index (Phi) is 5.14. The summed E-state index contributed by atoms with van der Waals surface area (Å²) in [5, 5.41) is 3.16. The highest BCUT2D eigenvalue weighted by molar-refractivity contribution is 7.99. The third-order valence-electron chi connectivity index (χ3n) is 3.41. The number of benzene rings is 2. The molecule has 0 aliphatic rings. The lowest BCUT2D eigenvalue weighted by atomic mass is 10.3. The Labute approximate surface area is 147 Å². The molecule has 1 heterocycles. The number of allylic oxidation sites excluding steroid dienone is 1. The van der Waals surface area contributed by atoms with Gasteiger partial charge in [0.15, 0.2) is 5.16 Å². The van der Waals surface area contributed by atoms with Gasteiger partial charge >= 0.3 is 0 Å². The number of hydrogen-bond acceptors (Lipinski definition) is 3. The fourth-order valence-corrected chi connectivity index (χ4v) is 3.25. The van der Waals surface area contributed by atoms with Gasteiger partial charge in [0.05, 0.1) is 16.8 Å². The highest BCUT2D eigenvalue weighted by Crippen LogP contribution is 2.24. The molecule has 0 unspecified atom stereocenters. The van der Waals surface area contributed by atoms with Crippen molar-refractivity contribution in [1.29, 1.82) is 0 Å². The maximum absolute atomic E-state index is 13.2. The summed E-state index contributed by atoms with van der Waals surface area (Å²) in [7, 11) is 0. The van der Waals surface area contributed by atoms with Gasteiger partial charge in [-0.2, -0.15) is 0 Å². The normalized spacial score (nSPS) is 10.8. The molecule has 25 heavy (non-hydrogen) atoms. The van der Waals surface area contributed by atoms with E-state index < -0.39 is 11.6 Å². The summed E-state index contributed by atoms with van der Waals surface area (Å²) in [6.07, 6.45) is 1.76. The summed E-state index contributed by atoms with van der Waals surface area (Å²) in [5.74, 6) is -1.78. The molecule has 1 N–H and O–H groups in total.